The minimum atomic E-state index is -0.531. The van der Waals surface area contributed by atoms with Crippen LogP contribution in [0.1, 0.15) is 11.7 Å². The lowest BCUT2D eigenvalue weighted by atomic mass is 10.1. The van der Waals surface area contributed by atoms with Gasteiger partial charge in [0.05, 0.1) is 6.10 Å². The van der Waals surface area contributed by atoms with Crippen LogP contribution in [-0.4, -0.2) is 16.6 Å². The molecule has 0 radical (unpaired) electrons. The molecule has 1 atom stereocenters. The highest BCUT2D eigenvalue weighted by Crippen LogP contribution is 2.26. The molecule has 0 saturated carbocycles. The Morgan fingerprint density at radius 2 is 2.00 bits per heavy atom. The third kappa shape index (κ3) is 2.59. The summed E-state index contributed by atoms with van der Waals surface area (Å²) >= 11 is 1.69. The molecular formula is C15H14N2OS. The number of thiophene rings is 1. The SMILES string of the molecule is OC(CNc1nccc2sccc12)c1ccccc1. The molecule has 0 spiro atoms. The topological polar surface area (TPSA) is 45.1 Å². The van der Waals surface area contributed by atoms with Gasteiger partial charge in [0.15, 0.2) is 0 Å². The number of aromatic nitrogens is 1. The Morgan fingerprint density at radius 1 is 1.16 bits per heavy atom. The second kappa shape index (κ2) is 5.38. The van der Waals surface area contributed by atoms with Crippen molar-refractivity contribution in [3.8, 4) is 0 Å². The van der Waals surface area contributed by atoms with Gasteiger partial charge in [-0.2, -0.15) is 0 Å². The second-order valence-electron chi connectivity index (χ2n) is 4.30. The Balaban J connectivity index is 1.74. The standard InChI is InChI=1S/C15H14N2OS/c18-13(11-4-2-1-3-5-11)10-17-15-12-7-9-19-14(12)6-8-16-15/h1-9,13,18H,10H2,(H,16,17). The number of rotatable bonds is 4. The minimum absolute atomic E-state index is 0.450. The number of nitrogens with zero attached hydrogens (tertiary/aromatic N) is 1. The molecule has 3 nitrogen and oxygen atoms in total. The number of anilines is 1. The van der Waals surface area contributed by atoms with Crippen LogP contribution in [0.2, 0.25) is 0 Å². The van der Waals surface area contributed by atoms with Crippen LogP contribution >= 0.6 is 11.3 Å². The highest BCUT2D eigenvalue weighted by atomic mass is 32.1. The monoisotopic (exact) mass is 270 g/mol. The van der Waals surface area contributed by atoms with E-state index < -0.39 is 6.10 Å². The third-order valence-corrected chi connectivity index (χ3v) is 3.91. The van der Waals surface area contributed by atoms with E-state index in [1.54, 1.807) is 17.5 Å². The van der Waals surface area contributed by atoms with Gasteiger partial charge in [0.1, 0.15) is 5.82 Å². The molecule has 0 aliphatic carbocycles. The van der Waals surface area contributed by atoms with E-state index in [1.165, 1.54) is 4.70 Å². The maximum absolute atomic E-state index is 10.1. The van der Waals surface area contributed by atoms with Crippen molar-refractivity contribution in [2.75, 3.05) is 11.9 Å². The van der Waals surface area contributed by atoms with Crippen molar-refractivity contribution in [3.63, 3.8) is 0 Å². The lowest BCUT2D eigenvalue weighted by molar-refractivity contribution is 0.191. The fourth-order valence-corrected chi connectivity index (χ4v) is 2.80. The van der Waals surface area contributed by atoms with E-state index in [0.29, 0.717) is 6.54 Å². The van der Waals surface area contributed by atoms with E-state index in [9.17, 15) is 5.11 Å². The molecule has 0 saturated heterocycles. The molecule has 0 aliphatic heterocycles. The van der Waals surface area contributed by atoms with E-state index in [2.05, 4.69) is 10.3 Å². The molecule has 1 unspecified atom stereocenters. The summed E-state index contributed by atoms with van der Waals surface area (Å²) in [6, 6.07) is 13.7. The number of nitrogens with one attached hydrogen (secondary N) is 1. The first-order chi connectivity index (χ1) is 9.34. The molecule has 3 aromatic rings. The summed E-state index contributed by atoms with van der Waals surface area (Å²) in [5.41, 5.74) is 0.910. The van der Waals surface area contributed by atoms with Gasteiger partial charge >= 0.3 is 0 Å². The van der Waals surface area contributed by atoms with Crippen LogP contribution in [0.25, 0.3) is 10.1 Å². The lowest BCUT2D eigenvalue weighted by Crippen LogP contribution is -2.12. The Kier molecular flexibility index (Phi) is 3.44. The average Bonchev–Trinajstić information content (AvgIpc) is 2.94. The first-order valence-corrected chi connectivity index (χ1v) is 7.01. The van der Waals surface area contributed by atoms with Crippen molar-refractivity contribution in [1.29, 1.82) is 0 Å². The smallest absolute Gasteiger partial charge is 0.134 e. The van der Waals surface area contributed by atoms with Gasteiger partial charge in [-0.05, 0) is 23.1 Å². The van der Waals surface area contributed by atoms with Gasteiger partial charge in [0, 0.05) is 22.8 Å². The molecule has 19 heavy (non-hydrogen) atoms. The summed E-state index contributed by atoms with van der Waals surface area (Å²) in [7, 11) is 0. The van der Waals surface area contributed by atoms with E-state index >= 15 is 0 Å². The van der Waals surface area contributed by atoms with Crippen molar-refractivity contribution in [2.24, 2.45) is 0 Å². The fourth-order valence-electron chi connectivity index (χ4n) is 2.02. The van der Waals surface area contributed by atoms with Gasteiger partial charge in [-0.3, -0.25) is 0 Å². The van der Waals surface area contributed by atoms with E-state index in [0.717, 1.165) is 16.8 Å². The average molecular weight is 270 g/mol. The molecular weight excluding hydrogens is 256 g/mol. The summed E-state index contributed by atoms with van der Waals surface area (Å²) in [5.74, 6) is 0.828. The van der Waals surface area contributed by atoms with Crippen LogP contribution in [0.5, 0.6) is 0 Å². The van der Waals surface area contributed by atoms with Crippen molar-refractivity contribution in [1.82, 2.24) is 4.98 Å². The van der Waals surface area contributed by atoms with Gasteiger partial charge < -0.3 is 10.4 Å². The number of hydrogen-bond acceptors (Lipinski definition) is 4. The molecule has 96 valence electrons. The highest BCUT2D eigenvalue weighted by Gasteiger charge is 2.08. The quantitative estimate of drug-likeness (QED) is 0.763. The van der Waals surface area contributed by atoms with Crippen LogP contribution in [-0.2, 0) is 0 Å². The molecule has 4 heteroatoms. The number of hydrogen-bond donors (Lipinski definition) is 2. The summed E-state index contributed by atoms with van der Waals surface area (Å²) in [5, 5.41) is 16.5. The van der Waals surface area contributed by atoms with Gasteiger partial charge in [0.2, 0.25) is 0 Å². The summed E-state index contributed by atoms with van der Waals surface area (Å²) in [6.07, 6.45) is 1.26. The normalized spacial score (nSPS) is 12.5. The Bertz CT molecular complexity index is 666. The largest absolute Gasteiger partial charge is 0.387 e. The van der Waals surface area contributed by atoms with Crippen molar-refractivity contribution in [2.45, 2.75) is 6.10 Å². The predicted molar refractivity (Wildman–Crippen MR) is 79.5 cm³/mol. The first kappa shape index (κ1) is 12.1. The minimum Gasteiger partial charge on any atom is -0.387 e. The molecule has 0 bridgehead atoms. The van der Waals surface area contributed by atoms with E-state index in [1.807, 2.05) is 47.8 Å². The van der Waals surface area contributed by atoms with E-state index in [4.69, 9.17) is 0 Å². The summed E-state index contributed by atoms with van der Waals surface area (Å²) in [4.78, 5) is 4.33. The molecule has 2 heterocycles. The molecule has 1 aromatic carbocycles. The molecule has 2 N–H and O–H groups in total. The summed E-state index contributed by atoms with van der Waals surface area (Å²) in [6.45, 7) is 0.450. The van der Waals surface area contributed by atoms with Crippen LogP contribution in [0, 0.1) is 0 Å². The van der Waals surface area contributed by atoms with Crippen molar-refractivity contribution in [3.05, 3.63) is 59.6 Å². The van der Waals surface area contributed by atoms with Gasteiger partial charge in [-0.15, -0.1) is 11.3 Å². The third-order valence-electron chi connectivity index (χ3n) is 3.03. The van der Waals surface area contributed by atoms with Gasteiger partial charge in [-0.1, -0.05) is 30.3 Å². The van der Waals surface area contributed by atoms with Crippen LogP contribution in [0.4, 0.5) is 5.82 Å². The maximum atomic E-state index is 10.1. The predicted octanol–water partition coefficient (Wildman–Crippen LogP) is 3.44. The zero-order chi connectivity index (χ0) is 13.1. The van der Waals surface area contributed by atoms with E-state index in [-0.39, 0.29) is 0 Å². The Labute approximate surface area is 115 Å². The molecule has 0 amide bonds. The zero-order valence-electron chi connectivity index (χ0n) is 10.3. The molecule has 2 aromatic heterocycles. The molecule has 0 aliphatic rings. The fraction of sp³-hybridized carbons (Fsp3) is 0.133. The van der Waals surface area contributed by atoms with Crippen LogP contribution in [0.15, 0.2) is 54.0 Å². The molecule has 3 rings (SSSR count). The van der Waals surface area contributed by atoms with Crippen molar-refractivity contribution < 1.29 is 5.11 Å². The van der Waals surface area contributed by atoms with Crippen LogP contribution in [0.3, 0.4) is 0 Å². The Hall–Kier alpha value is -1.91. The molecule has 0 fully saturated rings. The van der Waals surface area contributed by atoms with Gasteiger partial charge in [-0.25, -0.2) is 4.98 Å². The highest BCUT2D eigenvalue weighted by molar-refractivity contribution is 7.17. The van der Waals surface area contributed by atoms with Gasteiger partial charge in [0.25, 0.3) is 0 Å². The summed E-state index contributed by atoms with van der Waals surface area (Å²) < 4.78 is 1.20. The zero-order valence-corrected chi connectivity index (χ0v) is 11.1. The second-order valence-corrected chi connectivity index (χ2v) is 5.25. The number of pyridine rings is 1. The number of benzene rings is 1. The van der Waals surface area contributed by atoms with Crippen molar-refractivity contribution >= 4 is 27.2 Å². The number of aliphatic hydroxyl groups is 1. The lowest BCUT2D eigenvalue weighted by Gasteiger charge is -2.13. The van der Waals surface area contributed by atoms with Crippen LogP contribution < -0.4 is 5.32 Å². The Morgan fingerprint density at radius 3 is 2.84 bits per heavy atom. The number of fused-ring (bicyclic) bond motifs is 1. The first-order valence-electron chi connectivity index (χ1n) is 6.14. The number of aliphatic hydroxyl groups excluding tert-OH is 1. The maximum Gasteiger partial charge on any atom is 0.134 e.